The molecular formula is C27H29Cl2N5O5. The van der Waals surface area contributed by atoms with E-state index in [1.165, 1.54) is 25.2 Å². The summed E-state index contributed by atoms with van der Waals surface area (Å²) >= 11 is 13.3. The van der Waals surface area contributed by atoms with Crippen LogP contribution < -0.4 is 14.8 Å². The number of nitrogens with zero attached hydrogens (tertiary/aromatic N) is 4. The predicted molar refractivity (Wildman–Crippen MR) is 152 cm³/mol. The highest BCUT2D eigenvalue weighted by atomic mass is 35.5. The van der Waals surface area contributed by atoms with Crippen molar-refractivity contribution in [2.75, 3.05) is 40.3 Å². The molecule has 0 bridgehead atoms. The minimum absolute atomic E-state index is 0.218. The van der Waals surface area contributed by atoms with Crippen molar-refractivity contribution >= 4 is 53.0 Å². The molecule has 10 nitrogen and oxygen atoms in total. The SMILES string of the molecule is C=CC(=O)Nc1cnn(CCOC)c1-c1cc(C)c(/C=C(/c2c(Cl)c(OC)cc(OC)c2Cl)N(C)C=O)cn1. The summed E-state index contributed by atoms with van der Waals surface area (Å²) in [5, 5.41) is 7.58. The normalized spacial score (nSPS) is 11.2. The fraction of sp³-hybridized carbons (Fsp3) is 0.259. The standard InChI is InChI=1S/C27H29Cl2N5O5/c1-7-23(36)32-19-14-31-34(8-9-37-4)27(19)18-10-16(2)17(13-30-18)11-20(33(3)15-35)24-25(28)21(38-5)12-22(39-6)26(24)29/h7,10-15H,1,8-9H2,2-6H3,(H,32,36)/b20-11-. The highest BCUT2D eigenvalue weighted by molar-refractivity contribution is 6.39. The molecular weight excluding hydrogens is 545 g/mol. The summed E-state index contributed by atoms with van der Waals surface area (Å²) in [6, 6.07) is 3.42. The van der Waals surface area contributed by atoms with Crippen LogP contribution in [-0.4, -0.2) is 67.0 Å². The lowest BCUT2D eigenvalue weighted by atomic mass is 10.0. The molecule has 206 valence electrons. The molecule has 0 atom stereocenters. The Bertz CT molecular complexity index is 1390. The monoisotopic (exact) mass is 573 g/mol. The third kappa shape index (κ3) is 6.42. The zero-order valence-electron chi connectivity index (χ0n) is 22.2. The van der Waals surface area contributed by atoms with Crippen LogP contribution in [0.3, 0.4) is 0 Å². The van der Waals surface area contributed by atoms with E-state index < -0.39 is 0 Å². The lowest BCUT2D eigenvalue weighted by Gasteiger charge is -2.21. The molecule has 3 aromatic rings. The van der Waals surface area contributed by atoms with Crippen LogP contribution in [0.2, 0.25) is 10.0 Å². The molecule has 0 radical (unpaired) electrons. The number of ether oxygens (including phenoxy) is 3. The third-order valence-corrected chi connectivity index (χ3v) is 6.59. The number of benzene rings is 1. The van der Waals surface area contributed by atoms with Gasteiger partial charge >= 0.3 is 0 Å². The van der Waals surface area contributed by atoms with E-state index in [4.69, 9.17) is 37.4 Å². The quantitative estimate of drug-likeness (QED) is 0.241. The highest BCUT2D eigenvalue weighted by Crippen LogP contribution is 2.44. The van der Waals surface area contributed by atoms with E-state index in [9.17, 15) is 9.59 Å². The first-order valence-electron chi connectivity index (χ1n) is 11.7. The average Bonchev–Trinajstić information content (AvgIpc) is 3.33. The zero-order valence-corrected chi connectivity index (χ0v) is 23.8. The summed E-state index contributed by atoms with van der Waals surface area (Å²) in [5.74, 6) is 0.297. The Morgan fingerprint density at radius 2 is 1.82 bits per heavy atom. The summed E-state index contributed by atoms with van der Waals surface area (Å²) in [5.41, 5.74) is 3.93. The van der Waals surface area contributed by atoms with Gasteiger partial charge in [0.2, 0.25) is 12.3 Å². The first kappa shape index (κ1) is 29.7. The second-order valence-electron chi connectivity index (χ2n) is 8.27. The van der Waals surface area contributed by atoms with Gasteiger partial charge in [-0.3, -0.25) is 19.3 Å². The van der Waals surface area contributed by atoms with Gasteiger partial charge in [0.05, 0.1) is 60.7 Å². The molecule has 1 aromatic carbocycles. The number of anilines is 1. The van der Waals surface area contributed by atoms with Crippen molar-refractivity contribution < 1.29 is 23.8 Å². The van der Waals surface area contributed by atoms with Crippen LogP contribution in [0.1, 0.15) is 16.7 Å². The number of rotatable bonds is 12. The van der Waals surface area contributed by atoms with Gasteiger partial charge in [0.1, 0.15) is 17.2 Å². The van der Waals surface area contributed by atoms with Crippen molar-refractivity contribution in [3.05, 3.63) is 63.9 Å². The number of carbonyl (C=O) groups is 2. The van der Waals surface area contributed by atoms with Crippen LogP contribution in [0.5, 0.6) is 11.5 Å². The maximum Gasteiger partial charge on any atom is 0.247 e. The molecule has 1 N–H and O–H groups in total. The van der Waals surface area contributed by atoms with Crippen LogP contribution in [0.15, 0.2) is 37.2 Å². The maximum absolute atomic E-state index is 12.0. The molecule has 3 rings (SSSR count). The van der Waals surface area contributed by atoms with Crippen molar-refractivity contribution in [1.29, 1.82) is 0 Å². The van der Waals surface area contributed by atoms with Gasteiger partial charge in [-0.1, -0.05) is 29.8 Å². The topological polar surface area (TPSA) is 108 Å². The Morgan fingerprint density at radius 1 is 1.15 bits per heavy atom. The number of pyridine rings is 1. The van der Waals surface area contributed by atoms with E-state index >= 15 is 0 Å². The molecule has 2 heterocycles. The van der Waals surface area contributed by atoms with Gasteiger partial charge in [0, 0.05) is 32.0 Å². The zero-order chi connectivity index (χ0) is 28.7. The molecule has 0 aliphatic rings. The molecule has 2 aromatic heterocycles. The van der Waals surface area contributed by atoms with Gasteiger partial charge < -0.3 is 24.4 Å². The van der Waals surface area contributed by atoms with Crippen LogP contribution in [0.25, 0.3) is 23.2 Å². The van der Waals surface area contributed by atoms with Crippen molar-refractivity contribution in [3.63, 3.8) is 0 Å². The first-order chi connectivity index (χ1) is 18.7. The summed E-state index contributed by atoms with van der Waals surface area (Å²) in [6.07, 6.45) is 6.77. The number of amides is 2. The largest absolute Gasteiger partial charge is 0.495 e. The molecule has 39 heavy (non-hydrogen) atoms. The molecule has 12 heteroatoms. The molecule has 0 saturated carbocycles. The van der Waals surface area contributed by atoms with E-state index in [2.05, 4.69) is 22.0 Å². The predicted octanol–water partition coefficient (Wildman–Crippen LogP) is 4.93. The Morgan fingerprint density at radius 3 is 2.36 bits per heavy atom. The molecule has 2 amide bonds. The number of carbonyl (C=O) groups excluding carboxylic acids is 2. The lowest BCUT2D eigenvalue weighted by Crippen LogP contribution is -2.15. The first-order valence-corrected chi connectivity index (χ1v) is 12.4. The van der Waals surface area contributed by atoms with Crippen LogP contribution in [0, 0.1) is 6.92 Å². The maximum atomic E-state index is 12.0. The fourth-order valence-electron chi connectivity index (χ4n) is 3.79. The third-order valence-electron chi connectivity index (χ3n) is 5.84. The number of methoxy groups -OCH3 is 3. The van der Waals surface area contributed by atoms with E-state index in [-0.39, 0.29) is 16.0 Å². The van der Waals surface area contributed by atoms with Gasteiger partial charge in [-0.05, 0) is 36.3 Å². The number of hydrogen-bond acceptors (Lipinski definition) is 7. The molecule has 0 saturated heterocycles. The minimum Gasteiger partial charge on any atom is -0.495 e. The van der Waals surface area contributed by atoms with Crippen molar-refractivity contribution in [2.24, 2.45) is 0 Å². The number of aromatic nitrogens is 3. The van der Waals surface area contributed by atoms with Gasteiger partial charge in [-0.25, -0.2) is 0 Å². The van der Waals surface area contributed by atoms with Crippen LogP contribution in [0.4, 0.5) is 5.69 Å². The number of hydrogen-bond donors (Lipinski definition) is 1. The molecule has 0 fully saturated rings. The van der Waals surface area contributed by atoms with Gasteiger partial charge in [0.25, 0.3) is 0 Å². The average molecular weight is 574 g/mol. The fourth-order valence-corrected chi connectivity index (χ4v) is 4.48. The smallest absolute Gasteiger partial charge is 0.247 e. The number of nitrogens with one attached hydrogen (secondary N) is 1. The Balaban J connectivity index is 2.18. The van der Waals surface area contributed by atoms with E-state index in [0.29, 0.717) is 65.0 Å². The van der Waals surface area contributed by atoms with Gasteiger partial charge in [-0.2, -0.15) is 5.10 Å². The Hall–Kier alpha value is -3.86. The van der Waals surface area contributed by atoms with Crippen molar-refractivity contribution in [3.8, 4) is 22.9 Å². The van der Waals surface area contributed by atoms with Crippen LogP contribution >= 0.6 is 23.2 Å². The Labute approximate surface area is 236 Å². The summed E-state index contributed by atoms with van der Waals surface area (Å²) < 4.78 is 17.7. The van der Waals surface area contributed by atoms with E-state index in [1.807, 2.05) is 13.0 Å². The second-order valence-corrected chi connectivity index (χ2v) is 9.03. The Kier molecular flexibility index (Phi) is 10.1. The molecule has 0 unspecified atom stereocenters. The number of halogens is 2. The summed E-state index contributed by atoms with van der Waals surface area (Å²) in [4.78, 5) is 29.9. The minimum atomic E-state index is -0.372. The van der Waals surface area contributed by atoms with E-state index in [0.717, 1.165) is 5.56 Å². The second kappa shape index (κ2) is 13.3. The van der Waals surface area contributed by atoms with Crippen molar-refractivity contribution in [2.45, 2.75) is 13.5 Å². The van der Waals surface area contributed by atoms with E-state index in [1.54, 1.807) is 43.4 Å². The summed E-state index contributed by atoms with van der Waals surface area (Å²) in [7, 11) is 6.12. The van der Waals surface area contributed by atoms with Gasteiger partial charge in [-0.15, -0.1) is 0 Å². The van der Waals surface area contributed by atoms with Gasteiger partial charge in [0.15, 0.2) is 0 Å². The van der Waals surface area contributed by atoms with Crippen molar-refractivity contribution in [1.82, 2.24) is 19.7 Å². The number of aryl methyl sites for hydroxylation is 1. The molecule has 0 aliphatic carbocycles. The highest BCUT2D eigenvalue weighted by Gasteiger charge is 2.23. The molecule has 0 spiro atoms. The lowest BCUT2D eigenvalue weighted by molar-refractivity contribution is -0.114. The molecule has 0 aliphatic heterocycles. The van der Waals surface area contributed by atoms with Crippen LogP contribution in [-0.2, 0) is 20.9 Å². The summed E-state index contributed by atoms with van der Waals surface area (Å²) in [6.45, 7) is 6.25.